The fourth-order valence-corrected chi connectivity index (χ4v) is 13.1. The predicted molar refractivity (Wildman–Crippen MR) is 456 cm³/mol. The Morgan fingerprint density at radius 3 is 0.707 bits per heavy atom. The van der Waals surface area contributed by atoms with Crippen LogP contribution in [0.15, 0.2) is 170 Å². The molecule has 140 heavy (non-hydrogen) atoms. The van der Waals surface area contributed by atoms with E-state index in [1.807, 2.05) is 60.7 Å². The topological polar surface area (TPSA) is 824 Å². The Bertz CT molecular complexity index is 7060. The first-order valence-corrected chi connectivity index (χ1v) is 38.9. The third-order valence-electron chi connectivity index (χ3n) is 19.9. The fourth-order valence-electron chi connectivity index (χ4n) is 13.1. The average Bonchev–Trinajstić information content (AvgIpc) is 0.834. The summed E-state index contributed by atoms with van der Waals surface area (Å²) in [6.07, 6.45) is -11.1. The number of urea groups is 1. The van der Waals surface area contributed by atoms with E-state index in [0.29, 0.717) is 121 Å². The smallest absolute Gasteiger partial charge is 0.343 e. The van der Waals surface area contributed by atoms with Gasteiger partial charge in [0.1, 0.15) is 12.7 Å². The van der Waals surface area contributed by atoms with Gasteiger partial charge in [0.25, 0.3) is 0 Å². The number of nitrogens with two attached hydrogens (primary N) is 1. The number of esters is 10. The van der Waals surface area contributed by atoms with E-state index in [2.05, 4.69) is 0 Å². The summed E-state index contributed by atoms with van der Waals surface area (Å²) in [5.74, 6) is -56.0. The summed E-state index contributed by atoms with van der Waals surface area (Å²) in [7, 11) is 0. The highest BCUT2D eigenvalue weighted by molar-refractivity contribution is 6.06. The molecule has 27 N–H and O–H groups in total. The number of nitrogens with zero attached hydrogens (tertiary/aromatic N) is 1. The van der Waals surface area contributed by atoms with E-state index < -0.39 is 331 Å². The molecule has 12 aromatic rings. The average molecular weight is 1940 g/mol. The summed E-state index contributed by atoms with van der Waals surface area (Å²) in [6.45, 7) is -1.71. The Balaban J connectivity index is 0.000000814. The molecule has 2 aliphatic heterocycles. The number of primary amides is 1. The molecule has 2 amide bonds. The minimum absolute atomic E-state index is 0.295. The van der Waals surface area contributed by atoms with E-state index >= 15 is 14.4 Å². The van der Waals surface area contributed by atoms with Crippen molar-refractivity contribution in [2.24, 2.45) is 5.73 Å². The SMILES string of the molecule is NC(=O)N1c2ccccc2C=Cc2ccccc21.O=C(OC[C@H]1O[C@@H](OC(=O)c2cc(O)c(O)c(OC(=O)c3cc(O)c(O)c(O)c3)c2)[C@H](OC(=O)c2cc(O)c(O)c(OC(=O)c3cc(O)c(O)c(O)c3)c2)[C@@H](OC(=O)c2cc(O)c(O)c(OC(=O)c3cc(O)c(O)c(O)c3)c2)[C@@H]1OC(=O)c1cc(O)c(O)c(OC(=O)c2cc(O)c(O)c(O)c2)c1)c1cc(O)c(O)c(OC(=O)c2cc(O)c(O)c(O)c2)c1. The van der Waals surface area contributed by atoms with Crippen LogP contribution < -0.4 is 34.3 Å². The van der Waals surface area contributed by atoms with Crippen molar-refractivity contribution in [3.05, 3.63) is 237 Å². The molecule has 0 spiro atoms. The van der Waals surface area contributed by atoms with Crippen molar-refractivity contribution in [1.29, 1.82) is 0 Å². The van der Waals surface area contributed by atoms with Crippen molar-refractivity contribution in [3.63, 3.8) is 0 Å². The van der Waals surface area contributed by atoms with Crippen LogP contribution in [0.3, 0.4) is 0 Å². The van der Waals surface area contributed by atoms with Crippen molar-refractivity contribution < 1.29 is 233 Å². The van der Waals surface area contributed by atoms with Crippen LogP contribution >= 0.6 is 0 Å². The molecule has 720 valence electrons. The van der Waals surface area contributed by atoms with Gasteiger partial charge in [0, 0.05) is 0 Å². The lowest BCUT2D eigenvalue weighted by atomic mass is 9.97. The number of hydrogen-bond donors (Lipinski definition) is 26. The molecule has 0 unspecified atom stereocenters. The van der Waals surface area contributed by atoms with Gasteiger partial charge in [0.2, 0.25) is 41.1 Å². The highest BCUT2D eigenvalue weighted by atomic mass is 16.8. The van der Waals surface area contributed by atoms with E-state index in [1.165, 1.54) is 0 Å². The molecule has 0 bridgehead atoms. The lowest BCUT2D eigenvalue weighted by Crippen LogP contribution is -2.63. The minimum Gasteiger partial charge on any atom is -0.504 e. The molecule has 12 aromatic carbocycles. The van der Waals surface area contributed by atoms with E-state index in [1.54, 1.807) is 4.90 Å². The number of fused-ring (bicyclic) bond motifs is 2. The Kier molecular flexibility index (Phi) is 27.0. The molecule has 2 heterocycles. The van der Waals surface area contributed by atoms with E-state index in [9.17, 15) is 166 Å². The highest BCUT2D eigenvalue weighted by Gasteiger charge is 2.55. The van der Waals surface area contributed by atoms with Gasteiger partial charge >= 0.3 is 65.7 Å². The molecule has 1 fully saturated rings. The number of hydrogen-bond acceptors (Lipinski definition) is 47. The number of anilines is 2. The van der Waals surface area contributed by atoms with Crippen molar-refractivity contribution in [3.8, 4) is 172 Å². The zero-order chi connectivity index (χ0) is 102. The van der Waals surface area contributed by atoms with Crippen molar-refractivity contribution >= 4 is 89.3 Å². The van der Waals surface area contributed by atoms with Crippen LogP contribution in [-0.2, 0) is 28.4 Å². The zero-order valence-electron chi connectivity index (χ0n) is 69.6. The first-order valence-electron chi connectivity index (χ1n) is 38.9. The van der Waals surface area contributed by atoms with Gasteiger partial charge in [-0.15, -0.1) is 0 Å². The quantitative estimate of drug-likeness (QED) is 0.0139. The third-order valence-corrected chi connectivity index (χ3v) is 19.9. The van der Waals surface area contributed by atoms with Crippen LogP contribution in [0, 0.1) is 0 Å². The number of amides is 2. The number of phenolic OH excluding ortho intramolecular Hbond substituents is 25. The van der Waals surface area contributed by atoms with Gasteiger partial charge in [-0.1, -0.05) is 48.6 Å². The zero-order valence-corrected chi connectivity index (χ0v) is 69.6. The molecule has 49 nitrogen and oxygen atoms in total. The molecule has 0 saturated carbocycles. The second-order valence-electron chi connectivity index (χ2n) is 29.3. The summed E-state index contributed by atoms with van der Waals surface area (Å²) < 4.78 is 60.4. The molecule has 14 rings (SSSR count). The van der Waals surface area contributed by atoms with Gasteiger partial charge in [-0.05, 0) is 145 Å². The number of rotatable bonds is 21. The molecule has 0 radical (unpaired) electrons. The number of aromatic hydroxyl groups is 25. The molecule has 0 aliphatic carbocycles. The van der Waals surface area contributed by atoms with Gasteiger partial charge < -0.3 is 186 Å². The molecule has 49 heteroatoms. The number of benzene rings is 12. The van der Waals surface area contributed by atoms with Gasteiger partial charge in [-0.3, -0.25) is 4.90 Å². The number of carbonyl (C=O) groups excluding carboxylic acids is 11. The van der Waals surface area contributed by atoms with Gasteiger partial charge in [-0.2, -0.15) is 0 Å². The van der Waals surface area contributed by atoms with Crippen LogP contribution in [0.25, 0.3) is 12.2 Å². The van der Waals surface area contributed by atoms with Gasteiger partial charge in [-0.25, -0.2) is 52.7 Å². The molecule has 0 aromatic heterocycles. The summed E-state index contributed by atoms with van der Waals surface area (Å²) in [5.41, 5.74) is -0.783. The molecule has 1 saturated heterocycles. The van der Waals surface area contributed by atoms with Gasteiger partial charge in [0.05, 0.1) is 67.0 Å². The lowest BCUT2D eigenvalue weighted by Gasteiger charge is -2.43. The fraction of sp³-hybridized carbons (Fsp3) is 0.0659. The second-order valence-corrected chi connectivity index (χ2v) is 29.3. The van der Waals surface area contributed by atoms with Crippen molar-refractivity contribution in [1.82, 2.24) is 0 Å². The molecule has 2 aliphatic rings. The maximum absolute atomic E-state index is 15.3. The first-order chi connectivity index (χ1) is 66.1. The van der Waals surface area contributed by atoms with Crippen LogP contribution in [-0.4, -0.2) is 231 Å². The van der Waals surface area contributed by atoms with E-state index in [-0.39, 0.29) is 0 Å². The standard InChI is InChI=1S/C76H52O46.C15H12N2O/c77-32-1-22(2-33(78)53(32)92)67(103)113-47-16-27(11-42(87)58(47)97)66(102)112-21-52-63(119-72(108)28-12-43(88)59(98)48(17-28)114-68(104)23-3-34(79)54(93)35(80)4-23)64(120-73(109)29-13-44(89)60(99)49(18-29)115-69(105)24-5-36(81)55(94)37(82)6-24)65(121-74(110)30-14-45(90)61(100)50(19-30)116-70(106)25-7-38(83)56(95)39(84)8-25)76(118-52)122-75(111)31-15-46(91)62(101)51(20-31)117-71(107)26-9-40(85)57(96)41(86)10-26;16-15(18)17-13-7-3-1-5-11(13)9-10-12-6-2-4-8-14(12)17/h1-20,52,63-65,76-101H,21H2;1-10H,(H2,16,18)/t52-,63-,64+,65-,76+;/m1./s1. The Hall–Kier alpha value is -20.7. The number of para-hydroxylation sites is 2. The lowest BCUT2D eigenvalue weighted by molar-refractivity contribution is -0.282. The molecular weight excluding hydrogens is 1870 g/mol. The van der Waals surface area contributed by atoms with Crippen LogP contribution in [0.1, 0.15) is 115 Å². The van der Waals surface area contributed by atoms with Crippen molar-refractivity contribution in [2.45, 2.75) is 30.7 Å². The van der Waals surface area contributed by atoms with E-state index in [4.69, 9.17) is 57.8 Å². The predicted octanol–water partition coefficient (Wildman–Crippen LogP) is 8.23. The van der Waals surface area contributed by atoms with Gasteiger partial charge in [0.15, 0.2) is 156 Å². The summed E-state index contributed by atoms with van der Waals surface area (Å²) in [5, 5.41) is 261. The highest BCUT2D eigenvalue weighted by Crippen LogP contribution is 2.49. The first kappa shape index (κ1) is 96.9. The minimum atomic E-state index is -3.12. The second kappa shape index (κ2) is 39.0. The normalized spacial score (nSPS) is 14.4. The third kappa shape index (κ3) is 20.3. The number of phenols is 25. The summed E-state index contributed by atoms with van der Waals surface area (Å²) >= 11 is 0. The maximum atomic E-state index is 15.3. The number of carbonyl (C=O) groups is 11. The number of ether oxygens (including phenoxy) is 11. The Morgan fingerprint density at radius 1 is 0.250 bits per heavy atom. The largest absolute Gasteiger partial charge is 0.504 e. The van der Waals surface area contributed by atoms with E-state index in [0.717, 1.165) is 22.5 Å². The maximum Gasteiger partial charge on any atom is 0.343 e. The van der Waals surface area contributed by atoms with Crippen molar-refractivity contribution in [2.75, 3.05) is 11.5 Å². The molecule has 5 atom stereocenters. The molecular formula is C91H64N2O47. The monoisotopic (exact) mass is 1940 g/mol. The Labute approximate surface area is 775 Å². The summed E-state index contributed by atoms with van der Waals surface area (Å²) in [4.78, 5) is 156. The van der Waals surface area contributed by atoms with Crippen LogP contribution in [0.4, 0.5) is 16.2 Å². The van der Waals surface area contributed by atoms with Crippen LogP contribution in [0.5, 0.6) is 172 Å². The summed E-state index contributed by atoms with van der Waals surface area (Å²) in [6, 6.07) is 23.5. The Morgan fingerprint density at radius 2 is 0.457 bits per heavy atom. The van der Waals surface area contributed by atoms with Crippen LogP contribution in [0.2, 0.25) is 0 Å².